The van der Waals surface area contributed by atoms with Crippen LogP contribution in [0.4, 0.5) is 10.1 Å². The molecular weight excluding hydrogens is 435 g/mol. The molecule has 8 heteroatoms. The highest BCUT2D eigenvalue weighted by Gasteiger charge is 2.33. The van der Waals surface area contributed by atoms with Gasteiger partial charge in [-0.05, 0) is 43.2 Å². The molecule has 1 aromatic carbocycles. The van der Waals surface area contributed by atoms with Crippen LogP contribution < -0.4 is 15.9 Å². The number of carbonyl (C=O) groups is 2. The van der Waals surface area contributed by atoms with Gasteiger partial charge in [0.2, 0.25) is 11.7 Å². The molecule has 1 N–H and O–H groups in total. The first kappa shape index (κ1) is 21.3. The fourth-order valence-corrected chi connectivity index (χ4v) is 4.11. The zero-order valence-corrected chi connectivity index (χ0v) is 17.9. The minimum atomic E-state index is -1.64. The number of ether oxygens (including phenoxy) is 1. The van der Waals surface area contributed by atoms with Crippen molar-refractivity contribution in [3.05, 3.63) is 94.6 Å². The monoisotopic (exact) mass is 454 g/mol. The van der Waals surface area contributed by atoms with Crippen molar-refractivity contribution in [3.63, 3.8) is 0 Å². The van der Waals surface area contributed by atoms with E-state index in [1.807, 2.05) is 42.5 Å². The number of carbonyl (C=O) groups excluding carboxylic acids is 2. The van der Waals surface area contributed by atoms with Gasteiger partial charge in [0.25, 0.3) is 0 Å². The predicted molar refractivity (Wildman–Crippen MR) is 123 cm³/mol. The Hall–Kier alpha value is -4.51. The van der Waals surface area contributed by atoms with Crippen molar-refractivity contribution in [2.45, 2.75) is 18.9 Å². The van der Waals surface area contributed by atoms with Crippen molar-refractivity contribution in [1.82, 2.24) is 9.78 Å². The molecule has 168 valence electrons. The van der Waals surface area contributed by atoms with Crippen LogP contribution in [0.5, 0.6) is 0 Å². The van der Waals surface area contributed by atoms with E-state index >= 15 is 0 Å². The number of allylic oxidation sites excluding steroid dienone is 8. The Kier molecular flexibility index (Phi) is 5.52. The van der Waals surface area contributed by atoms with E-state index in [4.69, 9.17) is 4.74 Å². The fourth-order valence-electron chi connectivity index (χ4n) is 4.11. The molecule has 5 rings (SSSR count). The van der Waals surface area contributed by atoms with Crippen LogP contribution in [0.15, 0.2) is 72.6 Å². The molecular formula is C26H19FN4O3. The van der Waals surface area contributed by atoms with Gasteiger partial charge in [-0.3, -0.25) is 14.3 Å². The number of amides is 1. The predicted octanol–water partition coefficient (Wildman–Crippen LogP) is 2.80. The molecule has 7 nitrogen and oxygen atoms in total. The van der Waals surface area contributed by atoms with Crippen LogP contribution in [0.2, 0.25) is 0 Å². The van der Waals surface area contributed by atoms with Gasteiger partial charge in [0.1, 0.15) is 23.5 Å². The van der Waals surface area contributed by atoms with Crippen LogP contribution in [-0.4, -0.2) is 21.5 Å². The topological polar surface area (TPSA) is 97.0 Å². The number of aromatic nitrogens is 2. The first-order chi connectivity index (χ1) is 16.6. The van der Waals surface area contributed by atoms with E-state index in [9.17, 15) is 19.2 Å². The third-order valence-corrected chi connectivity index (χ3v) is 5.76. The molecule has 34 heavy (non-hydrogen) atoms. The van der Waals surface area contributed by atoms with E-state index in [0.717, 1.165) is 17.3 Å². The summed E-state index contributed by atoms with van der Waals surface area (Å²) in [5, 5.41) is 17.9. The Morgan fingerprint density at radius 1 is 1.21 bits per heavy atom. The first-order valence-electron chi connectivity index (χ1n) is 10.8. The molecule has 0 saturated heterocycles. The lowest BCUT2D eigenvalue weighted by molar-refractivity contribution is -0.117. The van der Waals surface area contributed by atoms with Gasteiger partial charge >= 0.3 is 0 Å². The number of fused-ring (bicyclic) bond motifs is 2. The Morgan fingerprint density at radius 2 is 1.97 bits per heavy atom. The molecule has 3 aliphatic rings. The van der Waals surface area contributed by atoms with Crippen molar-refractivity contribution in [1.29, 1.82) is 5.26 Å². The Bertz CT molecular complexity index is 1460. The minimum absolute atomic E-state index is 0.00992. The highest BCUT2D eigenvalue weighted by atomic mass is 19.1. The van der Waals surface area contributed by atoms with Gasteiger partial charge in [0.15, 0.2) is 5.92 Å². The summed E-state index contributed by atoms with van der Waals surface area (Å²) in [6.07, 6.45) is 16.6. The van der Waals surface area contributed by atoms with Crippen molar-refractivity contribution in [2.75, 3.05) is 5.32 Å². The van der Waals surface area contributed by atoms with Crippen molar-refractivity contribution in [2.24, 2.45) is 5.92 Å². The molecule has 2 aliphatic carbocycles. The number of rotatable bonds is 5. The van der Waals surface area contributed by atoms with Gasteiger partial charge in [-0.25, -0.2) is 4.39 Å². The van der Waals surface area contributed by atoms with E-state index < -0.39 is 23.4 Å². The minimum Gasteiger partial charge on any atom is -0.464 e. The molecule has 0 fully saturated rings. The van der Waals surface area contributed by atoms with E-state index in [2.05, 4.69) is 10.4 Å². The number of hydrogen-bond acceptors (Lipinski definition) is 5. The molecule has 1 aromatic heterocycles. The molecule has 1 aliphatic heterocycles. The second-order valence-electron chi connectivity index (χ2n) is 7.94. The molecule has 0 bridgehead atoms. The molecule has 0 saturated carbocycles. The number of anilines is 1. The lowest BCUT2D eigenvalue weighted by Crippen LogP contribution is -2.39. The maximum atomic E-state index is 13.4. The molecule has 0 spiro atoms. The van der Waals surface area contributed by atoms with Crippen molar-refractivity contribution >= 4 is 29.2 Å². The van der Waals surface area contributed by atoms with Crippen LogP contribution in [0.1, 0.15) is 29.4 Å². The lowest BCUT2D eigenvalue weighted by atomic mass is 9.98. The fraction of sp³-hybridized carbons (Fsp3) is 0.154. The maximum Gasteiger partial charge on any atom is 0.249 e. The zero-order chi connectivity index (χ0) is 23.7. The highest BCUT2D eigenvalue weighted by molar-refractivity contribution is 6.15. The second kappa shape index (κ2) is 8.79. The molecule has 1 atom stereocenters. The van der Waals surface area contributed by atoms with Crippen LogP contribution in [-0.2, 0) is 9.53 Å². The van der Waals surface area contributed by atoms with Crippen LogP contribution in [0.3, 0.4) is 0 Å². The van der Waals surface area contributed by atoms with Gasteiger partial charge in [0, 0.05) is 11.3 Å². The summed E-state index contributed by atoms with van der Waals surface area (Å²) in [6, 6.07) is 6.63. The van der Waals surface area contributed by atoms with Gasteiger partial charge in [0.05, 0.1) is 22.7 Å². The Labute approximate surface area is 194 Å². The maximum absolute atomic E-state index is 13.4. The number of hydrogen-bond donors (Lipinski definition) is 1. The Balaban J connectivity index is 1.57. The number of nitriles is 1. The zero-order valence-electron chi connectivity index (χ0n) is 17.9. The summed E-state index contributed by atoms with van der Waals surface area (Å²) < 4.78 is 20.7. The first-order valence-corrected chi connectivity index (χ1v) is 10.8. The number of ketones is 1. The number of nitrogens with one attached hydrogen (secondary N) is 1. The van der Waals surface area contributed by atoms with Gasteiger partial charge < -0.3 is 10.1 Å². The number of halogens is 1. The average molecular weight is 454 g/mol. The number of benzene rings is 1. The average Bonchev–Trinajstić information content (AvgIpc) is 3.27. The van der Waals surface area contributed by atoms with Crippen LogP contribution >= 0.6 is 0 Å². The van der Waals surface area contributed by atoms with Gasteiger partial charge in [-0.2, -0.15) is 10.4 Å². The molecule has 2 aromatic rings. The summed E-state index contributed by atoms with van der Waals surface area (Å²) in [4.78, 5) is 26.2. The number of Topliss-reactive ketones (excluding diaryl/α,β-unsaturated/α-hetero) is 1. The smallest absolute Gasteiger partial charge is 0.249 e. The lowest BCUT2D eigenvalue weighted by Gasteiger charge is -2.18. The second-order valence-corrected chi connectivity index (χ2v) is 7.94. The normalized spacial score (nSPS) is 16.9. The molecule has 1 amide bonds. The van der Waals surface area contributed by atoms with Gasteiger partial charge in [-0.15, -0.1) is 0 Å². The van der Waals surface area contributed by atoms with Crippen LogP contribution in [0.25, 0.3) is 11.8 Å². The quantitative estimate of drug-likeness (QED) is 0.426. The Morgan fingerprint density at radius 3 is 2.71 bits per heavy atom. The summed E-state index contributed by atoms with van der Waals surface area (Å²) in [5.74, 6) is -2.99. The van der Waals surface area contributed by atoms with E-state index in [1.165, 1.54) is 30.5 Å². The molecule has 1 unspecified atom stereocenters. The third-order valence-electron chi connectivity index (χ3n) is 5.76. The van der Waals surface area contributed by atoms with Crippen molar-refractivity contribution < 1.29 is 18.7 Å². The molecule has 0 radical (unpaired) electrons. The highest BCUT2D eigenvalue weighted by Crippen LogP contribution is 2.24. The largest absolute Gasteiger partial charge is 0.464 e. The molecule has 2 heterocycles. The van der Waals surface area contributed by atoms with E-state index in [-0.39, 0.29) is 17.4 Å². The van der Waals surface area contributed by atoms with Gasteiger partial charge in [-0.1, -0.05) is 36.5 Å². The van der Waals surface area contributed by atoms with Crippen molar-refractivity contribution in [3.8, 4) is 6.07 Å². The summed E-state index contributed by atoms with van der Waals surface area (Å²) in [7, 11) is 0. The summed E-state index contributed by atoms with van der Waals surface area (Å²) in [5.41, 5.74) is 1.14. The summed E-state index contributed by atoms with van der Waals surface area (Å²) in [6.45, 7) is 0. The van der Waals surface area contributed by atoms with Crippen LogP contribution in [0, 0.1) is 23.1 Å². The van der Waals surface area contributed by atoms with E-state index in [1.54, 1.807) is 10.8 Å². The third kappa shape index (κ3) is 3.77. The summed E-state index contributed by atoms with van der Waals surface area (Å²) >= 11 is 0. The van der Waals surface area contributed by atoms with E-state index in [0.29, 0.717) is 17.4 Å². The number of nitrogens with zero attached hydrogens (tertiary/aromatic N) is 3. The standard InChI is InChI=1S/C26H19FN4O3/c27-16-10-12-17(13-11-16)29-26(33)20(14-28)25(32)23-21-15-34-22-9-5-4-8-19(22)24(21)31(30-23)18-6-2-1-3-7-18/h2-7,9-13,15,18,20H,1,8H2,(H,29,33). The SMILES string of the molecule is N#CC(C(=O)Nc1ccc(F)cc1)C(=O)c1nn(C2C=CCC=C2)c2c1=COC1=CC=CCC=21.